The molecular formula is C43H60O9Si. The van der Waals surface area contributed by atoms with E-state index in [-0.39, 0.29) is 17.3 Å². The minimum absolute atomic E-state index is 0.311. The van der Waals surface area contributed by atoms with Gasteiger partial charge in [0.15, 0.2) is 17.3 Å². The summed E-state index contributed by atoms with van der Waals surface area (Å²) < 4.78 is 18.1. The molecule has 0 spiro atoms. The van der Waals surface area contributed by atoms with Crippen LogP contribution in [0.2, 0.25) is 24.7 Å². The maximum atomic E-state index is 12.3. The van der Waals surface area contributed by atoms with Crippen molar-refractivity contribution in [3.05, 3.63) is 106 Å². The van der Waals surface area contributed by atoms with Gasteiger partial charge in [0.2, 0.25) is 0 Å². The van der Waals surface area contributed by atoms with E-state index in [0.29, 0.717) is 56.3 Å². The van der Waals surface area contributed by atoms with Crippen molar-refractivity contribution in [1.29, 1.82) is 0 Å². The average molecular weight is 749 g/mol. The van der Waals surface area contributed by atoms with E-state index >= 15 is 0 Å². The number of carbonyl (C=O) groups excluding carboxylic acids is 3. The van der Waals surface area contributed by atoms with E-state index in [0.717, 1.165) is 54.1 Å². The van der Waals surface area contributed by atoms with Crippen molar-refractivity contribution < 1.29 is 43.9 Å². The van der Waals surface area contributed by atoms with Crippen molar-refractivity contribution in [2.75, 3.05) is 19.8 Å². The minimum atomic E-state index is -1.67. The number of carbonyl (C=O) groups is 3. The summed E-state index contributed by atoms with van der Waals surface area (Å²) in [5, 5.41) is 30.0. The van der Waals surface area contributed by atoms with Crippen LogP contribution >= 0.6 is 0 Å². The highest BCUT2D eigenvalue weighted by Crippen LogP contribution is 2.27. The van der Waals surface area contributed by atoms with Gasteiger partial charge >= 0.3 is 0 Å². The van der Waals surface area contributed by atoms with Crippen LogP contribution in [-0.2, 0) is 34.0 Å². The molecule has 3 rings (SSSR count). The summed E-state index contributed by atoms with van der Waals surface area (Å²) in [6.07, 6.45) is 2.85. The summed E-state index contributed by atoms with van der Waals surface area (Å²) >= 11 is 0. The number of ketones is 3. The fourth-order valence-electron chi connectivity index (χ4n) is 6.06. The van der Waals surface area contributed by atoms with Gasteiger partial charge in [-0.05, 0) is 77.5 Å². The fourth-order valence-corrected chi connectivity index (χ4v) is 9.81. The standard InChI is InChI=1S/C43H60O9Si/c1-41(2,47)38(44)35-17-11-32(12-18-35)29-50-23-8-26-53(7,27-9-24-51-30-33-13-19-36(20-14-33)39(45)42(3,4)48)28-10-25-52-31-34-15-21-37(22-16-34)40(46)43(5,6)49/h11-22,47-49H,8-10,23-31H2,1-7H3. The summed E-state index contributed by atoms with van der Waals surface area (Å²) in [6.45, 7) is 14.6. The first-order valence-electron chi connectivity index (χ1n) is 18.6. The van der Waals surface area contributed by atoms with E-state index in [1.807, 2.05) is 36.4 Å². The number of rotatable bonds is 24. The smallest absolute Gasteiger partial charge is 0.193 e. The third-order valence-electron chi connectivity index (χ3n) is 9.33. The Morgan fingerprint density at radius 1 is 0.472 bits per heavy atom. The first kappa shape index (κ1) is 44.0. The second kappa shape index (κ2) is 19.8. The second-order valence-corrected chi connectivity index (χ2v) is 21.2. The highest BCUT2D eigenvalue weighted by Gasteiger charge is 2.28. The molecule has 290 valence electrons. The predicted molar refractivity (Wildman–Crippen MR) is 210 cm³/mol. The molecule has 0 heterocycles. The molecule has 3 aromatic carbocycles. The van der Waals surface area contributed by atoms with Crippen molar-refractivity contribution in [2.45, 2.75) is 122 Å². The van der Waals surface area contributed by atoms with Crippen molar-refractivity contribution >= 4 is 25.4 Å². The molecule has 53 heavy (non-hydrogen) atoms. The maximum absolute atomic E-state index is 12.3. The Hall–Kier alpha value is -3.35. The minimum Gasteiger partial charge on any atom is -0.382 e. The molecule has 0 atom stereocenters. The third-order valence-corrected chi connectivity index (χ3v) is 14.0. The Morgan fingerprint density at radius 2 is 0.698 bits per heavy atom. The highest BCUT2D eigenvalue weighted by molar-refractivity contribution is 6.78. The maximum Gasteiger partial charge on any atom is 0.193 e. The van der Waals surface area contributed by atoms with Crippen LogP contribution < -0.4 is 0 Å². The topological polar surface area (TPSA) is 140 Å². The van der Waals surface area contributed by atoms with Crippen LogP contribution in [0.25, 0.3) is 0 Å². The normalized spacial score (nSPS) is 12.6. The van der Waals surface area contributed by atoms with Gasteiger partial charge < -0.3 is 29.5 Å². The summed E-state index contributed by atoms with van der Waals surface area (Å²) in [5.41, 5.74) is 0.130. The molecule has 3 aromatic rings. The van der Waals surface area contributed by atoms with Crippen molar-refractivity contribution in [3.8, 4) is 0 Å². The average Bonchev–Trinajstić information content (AvgIpc) is 3.10. The van der Waals surface area contributed by atoms with Gasteiger partial charge in [-0.25, -0.2) is 0 Å². The molecule has 3 N–H and O–H groups in total. The van der Waals surface area contributed by atoms with Crippen LogP contribution in [-0.4, -0.2) is 77.4 Å². The molecule has 0 bridgehead atoms. The lowest BCUT2D eigenvalue weighted by Crippen LogP contribution is -2.31. The van der Waals surface area contributed by atoms with E-state index in [9.17, 15) is 29.7 Å². The van der Waals surface area contributed by atoms with E-state index in [2.05, 4.69) is 6.55 Å². The van der Waals surface area contributed by atoms with Gasteiger partial charge in [-0.1, -0.05) is 97.5 Å². The second-order valence-electron chi connectivity index (χ2n) is 16.0. The summed E-state index contributed by atoms with van der Waals surface area (Å²) in [5.74, 6) is -0.932. The molecule has 10 heteroatoms. The molecule has 0 aliphatic carbocycles. The summed E-state index contributed by atoms with van der Waals surface area (Å²) in [7, 11) is -1.67. The zero-order chi connectivity index (χ0) is 39.3. The number of hydrogen-bond acceptors (Lipinski definition) is 9. The molecule has 0 saturated heterocycles. The lowest BCUT2D eigenvalue weighted by atomic mass is 9.96. The largest absolute Gasteiger partial charge is 0.382 e. The Labute approximate surface area is 316 Å². The molecule has 0 aliphatic rings. The number of ether oxygens (including phenoxy) is 3. The first-order valence-corrected chi connectivity index (χ1v) is 21.7. The Bertz CT molecular complexity index is 1400. The molecule has 9 nitrogen and oxygen atoms in total. The van der Waals surface area contributed by atoms with E-state index in [1.54, 1.807) is 36.4 Å². The molecule has 0 fully saturated rings. The Morgan fingerprint density at radius 3 is 0.906 bits per heavy atom. The van der Waals surface area contributed by atoms with Gasteiger partial charge in [0.1, 0.15) is 16.8 Å². The molecule has 0 aliphatic heterocycles. The van der Waals surface area contributed by atoms with E-state index in [4.69, 9.17) is 14.2 Å². The van der Waals surface area contributed by atoms with Crippen LogP contribution in [0.4, 0.5) is 0 Å². The monoisotopic (exact) mass is 748 g/mol. The Balaban J connectivity index is 1.47. The SMILES string of the molecule is CC(C)(O)C(=O)c1ccc(COCCC[Si](C)(CCCOCc2ccc(C(=O)C(C)(C)O)cc2)CCCOCc2ccc(C(=O)C(C)(C)O)cc2)cc1. The summed E-state index contributed by atoms with van der Waals surface area (Å²) in [4.78, 5) is 36.9. The fraction of sp³-hybridized carbons (Fsp3) is 0.512. The molecule has 0 amide bonds. The molecule has 0 radical (unpaired) electrons. The third kappa shape index (κ3) is 15.1. The van der Waals surface area contributed by atoms with Crippen LogP contribution in [0.1, 0.15) is 109 Å². The number of Topliss-reactive ketones (excluding diaryl/α,β-unsaturated/α-hetero) is 3. The molecular weight excluding hydrogens is 689 g/mol. The molecule has 0 saturated carbocycles. The quantitative estimate of drug-likeness (QED) is 0.0477. The van der Waals surface area contributed by atoms with Gasteiger partial charge in [-0.15, -0.1) is 0 Å². The van der Waals surface area contributed by atoms with Crippen LogP contribution in [0.15, 0.2) is 72.8 Å². The van der Waals surface area contributed by atoms with Crippen LogP contribution in [0.3, 0.4) is 0 Å². The lowest BCUT2D eigenvalue weighted by molar-refractivity contribution is 0.0487. The zero-order valence-electron chi connectivity index (χ0n) is 32.7. The van der Waals surface area contributed by atoms with Crippen molar-refractivity contribution in [2.24, 2.45) is 0 Å². The van der Waals surface area contributed by atoms with Gasteiger partial charge in [-0.2, -0.15) is 0 Å². The van der Waals surface area contributed by atoms with Gasteiger partial charge in [0, 0.05) is 36.5 Å². The predicted octanol–water partition coefficient (Wildman–Crippen LogP) is 7.75. The first-order chi connectivity index (χ1) is 24.8. The van der Waals surface area contributed by atoms with Crippen molar-refractivity contribution in [1.82, 2.24) is 0 Å². The number of benzene rings is 3. The lowest BCUT2D eigenvalue weighted by Gasteiger charge is -2.28. The zero-order valence-corrected chi connectivity index (χ0v) is 33.7. The number of hydrogen-bond donors (Lipinski definition) is 3. The van der Waals surface area contributed by atoms with Gasteiger partial charge in [0.25, 0.3) is 0 Å². The summed E-state index contributed by atoms with van der Waals surface area (Å²) in [6, 6.07) is 24.9. The van der Waals surface area contributed by atoms with Gasteiger partial charge in [-0.3, -0.25) is 14.4 Å². The van der Waals surface area contributed by atoms with E-state index in [1.165, 1.54) is 41.5 Å². The number of aliphatic hydroxyl groups is 3. The van der Waals surface area contributed by atoms with Crippen LogP contribution in [0.5, 0.6) is 0 Å². The van der Waals surface area contributed by atoms with Crippen LogP contribution in [0, 0.1) is 0 Å². The van der Waals surface area contributed by atoms with Crippen molar-refractivity contribution in [3.63, 3.8) is 0 Å². The highest BCUT2D eigenvalue weighted by atomic mass is 28.3. The van der Waals surface area contributed by atoms with E-state index < -0.39 is 24.9 Å². The van der Waals surface area contributed by atoms with Gasteiger partial charge in [0.05, 0.1) is 27.9 Å². The Kier molecular flexibility index (Phi) is 16.5. The molecule has 0 unspecified atom stereocenters. The molecule has 0 aromatic heterocycles.